The molecule has 0 atom stereocenters. The number of Topliss-reactive ketones (excluding diaryl/α,β-unsaturated/α-hetero) is 1. The van der Waals surface area contributed by atoms with Crippen molar-refractivity contribution >= 4 is 17.7 Å². The molecule has 0 N–H and O–H groups in total. The Bertz CT molecular complexity index is 563. The van der Waals surface area contributed by atoms with Gasteiger partial charge in [0, 0.05) is 13.0 Å². The van der Waals surface area contributed by atoms with Crippen molar-refractivity contribution in [3.63, 3.8) is 0 Å². The zero-order valence-electron chi connectivity index (χ0n) is 12.8. The van der Waals surface area contributed by atoms with E-state index in [1.54, 1.807) is 26.8 Å². The van der Waals surface area contributed by atoms with E-state index in [2.05, 4.69) is 4.98 Å². The summed E-state index contributed by atoms with van der Waals surface area (Å²) in [6, 6.07) is 1.63. The highest BCUT2D eigenvalue weighted by atomic mass is 16.6. The Morgan fingerprint density at radius 2 is 2.14 bits per heavy atom. The summed E-state index contributed by atoms with van der Waals surface area (Å²) in [5.74, 6) is 0.818. The highest BCUT2D eigenvalue weighted by molar-refractivity contribution is 6.06. The second-order valence-corrected chi connectivity index (χ2v) is 5.78. The number of rotatable bonds is 2. The molecule has 0 fully saturated rings. The van der Waals surface area contributed by atoms with E-state index >= 15 is 0 Å². The highest BCUT2D eigenvalue weighted by Crippen LogP contribution is 2.29. The second kappa shape index (κ2) is 5.71. The van der Waals surface area contributed by atoms with E-state index in [0.717, 1.165) is 0 Å². The Labute approximate surface area is 124 Å². The van der Waals surface area contributed by atoms with E-state index in [-0.39, 0.29) is 18.7 Å². The number of fused-ring (bicyclic) bond motifs is 1. The van der Waals surface area contributed by atoms with Gasteiger partial charge in [0.2, 0.25) is 0 Å². The first kappa shape index (κ1) is 15.3. The number of nitrogens with zero attached hydrogens (tertiary/aromatic N) is 2. The highest BCUT2D eigenvalue weighted by Gasteiger charge is 2.32. The summed E-state index contributed by atoms with van der Waals surface area (Å²) in [7, 11) is 0. The molecule has 114 valence electrons. The molecule has 21 heavy (non-hydrogen) atoms. The number of ketones is 1. The summed E-state index contributed by atoms with van der Waals surface area (Å²) >= 11 is 0. The average Bonchev–Trinajstić information content (AvgIpc) is 2.38. The number of ether oxygens (including phenoxy) is 2. The van der Waals surface area contributed by atoms with Crippen LogP contribution in [0.25, 0.3) is 0 Å². The van der Waals surface area contributed by atoms with Gasteiger partial charge in [-0.1, -0.05) is 0 Å². The van der Waals surface area contributed by atoms with Crippen LogP contribution in [0.4, 0.5) is 10.6 Å². The fourth-order valence-electron chi connectivity index (χ4n) is 2.05. The van der Waals surface area contributed by atoms with Crippen molar-refractivity contribution in [3.8, 4) is 5.75 Å². The first-order valence-electron chi connectivity index (χ1n) is 6.98. The zero-order valence-corrected chi connectivity index (χ0v) is 12.8. The van der Waals surface area contributed by atoms with Gasteiger partial charge >= 0.3 is 6.09 Å². The fraction of sp³-hybridized carbons (Fsp3) is 0.533. The van der Waals surface area contributed by atoms with Gasteiger partial charge < -0.3 is 9.47 Å². The van der Waals surface area contributed by atoms with Crippen molar-refractivity contribution in [1.29, 1.82) is 0 Å². The molecule has 0 aliphatic carbocycles. The predicted octanol–water partition coefficient (Wildman–Crippen LogP) is 2.81. The van der Waals surface area contributed by atoms with Crippen LogP contribution < -0.4 is 9.64 Å². The summed E-state index contributed by atoms with van der Waals surface area (Å²) < 4.78 is 10.7. The second-order valence-electron chi connectivity index (χ2n) is 5.78. The Kier molecular flexibility index (Phi) is 4.16. The standard InChI is InChI=1S/C15H20N2O4/c1-5-20-10-8-11-12(18)6-7-17(13(11)16-9-10)14(19)21-15(2,3)4/h8-9H,5-7H2,1-4H3. The lowest BCUT2D eigenvalue weighted by Gasteiger charge is -2.30. The Hall–Kier alpha value is -2.11. The van der Waals surface area contributed by atoms with Gasteiger partial charge in [-0.05, 0) is 33.8 Å². The SMILES string of the molecule is CCOc1cnc2c(c1)C(=O)CCN2C(=O)OC(C)(C)C. The van der Waals surface area contributed by atoms with Crippen LogP contribution in [-0.4, -0.2) is 35.6 Å². The van der Waals surface area contributed by atoms with Crippen LogP contribution in [0.1, 0.15) is 44.5 Å². The number of anilines is 1. The van der Waals surface area contributed by atoms with Crippen LogP contribution in [0, 0.1) is 0 Å². The topological polar surface area (TPSA) is 68.7 Å². The molecular weight excluding hydrogens is 272 g/mol. The van der Waals surface area contributed by atoms with E-state index in [4.69, 9.17) is 9.47 Å². The molecule has 6 nitrogen and oxygen atoms in total. The van der Waals surface area contributed by atoms with Gasteiger partial charge in [-0.15, -0.1) is 0 Å². The summed E-state index contributed by atoms with van der Waals surface area (Å²) in [5.41, 5.74) is -0.192. The molecule has 1 aromatic rings. The maximum absolute atomic E-state index is 12.2. The van der Waals surface area contributed by atoms with Gasteiger partial charge in [0.05, 0.1) is 18.4 Å². The third-order valence-electron chi connectivity index (χ3n) is 2.89. The van der Waals surface area contributed by atoms with Gasteiger partial charge in [0.25, 0.3) is 0 Å². The zero-order chi connectivity index (χ0) is 15.6. The molecular formula is C15H20N2O4. The number of carbonyl (C=O) groups excluding carboxylic acids is 2. The van der Waals surface area contributed by atoms with Crippen LogP contribution in [-0.2, 0) is 4.74 Å². The smallest absolute Gasteiger partial charge is 0.416 e. The Balaban J connectivity index is 2.31. The molecule has 1 aliphatic rings. The molecule has 0 saturated carbocycles. The maximum Gasteiger partial charge on any atom is 0.416 e. The molecule has 0 bridgehead atoms. The summed E-state index contributed by atoms with van der Waals surface area (Å²) in [5, 5.41) is 0. The first-order valence-corrected chi connectivity index (χ1v) is 6.98. The van der Waals surface area contributed by atoms with Crippen molar-refractivity contribution < 1.29 is 19.1 Å². The fourth-order valence-corrected chi connectivity index (χ4v) is 2.05. The molecule has 0 spiro atoms. The minimum absolute atomic E-state index is 0.0427. The minimum Gasteiger partial charge on any atom is -0.492 e. The van der Waals surface area contributed by atoms with E-state index in [1.165, 1.54) is 11.1 Å². The number of amides is 1. The molecule has 0 unspecified atom stereocenters. The molecule has 2 heterocycles. The van der Waals surface area contributed by atoms with E-state index in [9.17, 15) is 9.59 Å². The summed E-state index contributed by atoms with van der Waals surface area (Å²) in [6.45, 7) is 8.02. The minimum atomic E-state index is -0.593. The van der Waals surface area contributed by atoms with Gasteiger partial charge in [-0.25, -0.2) is 9.78 Å². The predicted molar refractivity (Wildman–Crippen MR) is 77.9 cm³/mol. The lowest BCUT2D eigenvalue weighted by atomic mass is 10.0. The number of hydrogen-bond donors (Lipinski definition) is 0. The summed E-state index contributed by atoms with van der Waals surface area (Å²) in [6.07, 6.45) is 1.27. The first-order chi connectivity index (χ1) is 9.81. The monoisotopic (exact) mass is 292 g/mol. The van der Waals surface area contributed by atoms with Gasteiger partial charge in [-0.2, -0.15) is 0 Å². The summed E-state index contributed by atoms with van der Waals surface area (Å²) in [4.78, 5) is 29.8. The van der Waals surface area contributed by atoms with Crippen LogP contribution >= 0.6 is 0 Å². The third-order valence-corrected chi connectivity index (χ3v) is 2.89. The van der Waals surface area contributed by atoms with Gasteiger partial charge in [-0.3, -0.25) is 9.69 Å². The molecule has 1 amide bonds. The van der Waals surface area contributed by atoms with Crippen LogP contribution in [0.5, 0.6) is 5.75 Å². The van der Waals surface area contributed by atoms with E-state index in [0.29, 0.717) is 23.7 Å². The number of carbonyl (C=O) groups is 2. The number of hydrogen-bond acceptors (Lipinski definition) is 5. The van der Waals surface area contributed by atoms with Crippen molar-refractivity contribution in [2.45, 2.75) is 39.7 Å². The Morgan fingerprint density at radius 3 is 2.76 bits per heavy atom. The van der Waals surface area contributed by atoms with Crippen LogP contribution in [0.2, 0.25) is 0 Å². The normalized spacial score (nSPS) is 14.7. The van der Waals surface area contributed by atoms with Gasteiger partial charge in [0.1, 0.15) is 17.2 Å². The molecule has 2 rings (SSSR count). The van der Waals surface area contributed by atoms with Gasteiger partial charge in [0.15, 0.2) is 5.78 Å². The van der Waals surface area contributed by atoms with Crippen LogP contribution in [0.3, 0.4) is 0 Å². The molecule has 1 aliphatic heterocycles. The lowest BCUT2D eigenvalue weighted by molar-refractivity contribution is 0.0576. The Morgan fingerprint density at radius 1 is 1.43 bits per heavy atom. The third kappa shape index (κ3) is 3.51. The van der Waals surface area contributed by atoms with Crippen molar-refractivity contribution in [1.82, 2.24) is 4.98 Å². The number of aromatic nitrogens is 1. The molecule has 0 saturated heterocycles. The average molecular weight is 292 g/mol. The van der Waals surface area contributed by atoms with Crippen molar-refractivity contribution in [2.75, 3.05) is 18.1 Å². The maximum atomic E-state index is 12.2. The number of pyridine rings is 1. The molecule has 0 aromatic carbocycles. The van der Waals surface area contributed by atoms with E-state index < -0.39 is 11.7 Å². The molecule has 1 aromatic heterocycles. The quantitative estimate of drug-likeness (QED) is 0.838. The van der Waals surface area contributed by atoms with Crippen LogP contribution in [0.15, 0.2) is 12.3 Å². The lowest BCUT2D eigenvalue weighted by Crippen LogP contribution is -2.41. The molecule has 6 heteroatoms. The van der Waals surface area contributed by atoms with E-state index in [1.807, 2.05) is 6.92 Å². The van der Waals surface area contributed by atoms with Crippen molar-refractivity contribution in [3.05, 3.63) is 17.8 Å². The molecule has 0 radical (unpaired) electrons. The largest absolute Gasteiger partial charge is 0.492 e. The van der Waals surface area contributed by atoms with Crippen molar-refractivity contribution in [2.24, 2.45) is 0 Å².